The number of carbonyl (C=O) groups is 2. The molecule has 2 rings (SSSR count). The number of hydrogen-bond acceptors (Lipinski definition) is 2. The first kappa shape index (κ1) is 16.7. The lowest BCUT2D eigenvalue weighted by molar-refractivity contribution is -0.117. The maximum Gasteiger partial charge on any atom is 0.224 e. The summed E-state index contributed by atoms with van der Waals surface area (Å²) in [5.41, 5.74) is 3.86. The molecule has 120 valence electrons. The molecule has 0 radical (unpaired) electrons. The van der Waals surface area contributed by atoms with Gasteiger partial charge in [-0.2, -0.15) is 0 Å². The monoisotopic (exact) mass is 310 g/mol. The summed E-state index contributed by atoms with van der Waals surface area (Å²) < 4.78 is 0. The number of carbonyl (C=O) groups excluding carboxylic acids is 2. The van der Waals surface area contributed by atoms with Crippen LogP contribution in [0.25, 0.3) is 0 Å². The first-order valence-electron chi connectivity index (χ1n) is 7.76. The Bertz CT molecular complexity index is 601. The van der Waals surface area contributed by atoms with Crippen LogP contribution in [-0.2, 0) is 9.59 Å². The van der Waals surface area contributed by atoms with Gasteiger partial charge in [0, 0.05) is 24.2 Å². The van der Waals surface area contributed by atoms with Crippen LogP contribution in [0.1, 0.15) is 30.4 Å². The largest absolute Gasteiger partial charge is 0.326 e. The minimum atomic E-state index is -0.0722. The van der Waals surface area contributed by atoms with Crippen LogP contribution in [0.3, 0.4) is 0 Å². The minimum absolute atomic E-state index is 0.0722. The Morgan fingerprint density at radius 1 is 0.696 bits per heavy atom. The van der Waals surface area contributed by atoms with E-state index >= 15 is 0 Å². The third-order valence-corrected chi connectivity index (χ3v) is 3.48. The van der Waals surface area contributed by atoms with Gasteiger partial charge in [0.1, 0.15) is 0 Å². The highest BCUT2D eigenvalue weighted by atomic mass is 16.2. The summed E-state index contributed by atoms with van der Waals surface area (Å²) in [7, 11) is 0. The van der Waals surface area contributed by atoms with Crippen molar-refractivity contribution in [3.63, 3.8) is 0 Å². The fourth-order valence-corrected chi connectivity index (χ4v) is 2.13. The van der Waals surface area contributed by atoms with Gasteiger partial charge in [-0.1, -0.05) is 35.4 Å². The number of rotatable bonds is 6. The van der Waals surface area contributed by atoms with Crippen molar-refractivity contribution in [1.29, 1.82) is 0 Å². The average molecular weight is 310 g/mol. The van der Waals surface area contributed by atoms with Gasteiger partial charge in [0.2, 0.25) is 11.8 Å². The van der Waals surface area contributed by atoms with Gasteiger partial charge in [0.15, 0.2) is 0 Å². The van der Waals surface area contributed by atoms with E-state index in [1.54, 1.807) is 0 Å². The third kappa shape index (κ3) is 5.94. The van der Waals surface area contributed by atoms with E-state index in [9.17, 15) is 9.59 Å². The molecule has 23 heavy (non-hydrogen) atoms. The average Bonchev–Trinajstić information content (AvgIpc) is 2.52. The van der Waals surface area contributed by atoms with E-state index in [-0.39, 0.29) is 11.8 Å². The molecule has 0 spiro atoms. The van der Waals surface area contributed by atoms with E-state index < -0.39 is 0 Å². The Kier molecular flexibility index (Phi) is 5.92. The Balaban J connectivity index is 1.69. The SMILES string of the molecule is Cc1ccc(NC(=O)CCCC(=O)Nc2ccc(C)cc2)cc1. The molecule has 0 aromatic heterocycles. The molecule has 2 aromatic rings. The topological polar surface area (TPSA) is 58.2 Å². The minimum Gasteiger partial charge on any atom is -0.326 e. The normalized spacial score (nSPS) is 10.2. The zero-order valence-corrected chi connectivity index (χ0v) is 13.6. The van der Waals surface area contributed by atoms with Crippen molar-refractivity contribution in [2.24, 2.45) is 0 Å². The molecule has 0 bridgehead atoms. The number of benzene rings is 2. The molecular weight excluding hydrogens is 288 g/mol. The first-order valence-corrected chi connectivity index (χ1v) is 7.76. The summed E-state index contributed by atoms with van der Waals surface area (Å²) in [6.45, 7) is 4.00. The number of amides is 2. The van der Waals surface area contributed by atoms with Gasteiger partial charge in [-0.05, 0) is 44.5 Å². The van der Waals surface area contributed by atoms with E-state index in [0.717, 1.165) is 22.5 Å². The summed E-state index contributed by atoms with van der Waals surface area (Å²) in [5.74, 6) is -0.144. The van der Waals surface area contributed by atoms with E-state index in [1.165, 1.54) is 0 Å². The molecule has 0 heterocycles. The maximum atomic E-state index is 11.8. The summed E-state index contributed by atoms with van der Waals surface area (Å²) in [4.78, 5) is 23.7. The Labute approximate surface area is 136 Å². The van der Waals surface area contributed by atoms with Gasteiger partial charge < -0.3 is 10.6 Å². The van der Waals surface area contributed by atoms with E-state index in [4.69, 9.17) is 0 Å². The Hall–Kier alpha value is -2.62. The molecule has 4 nitrogen and oxygen atoms in total. The fourth-order valence-electron chi connectivity index (χ4n) is 2.13. The number of hydrogen-bond donors (Lipinski definition) is 2. The zero-order chi connectivity index (χ0) is 16.7. The molecule has 0 unspecified atom stereocenters. The van der Waals surface area contributed by atoms with Crippen LogP contribution in [0.4, 0.5) is 11.4 Å². The van der Waals surface area contributed by atoms with Crippen LogP contribution >= 0.6 is 0 Å². The predicted octanol–water partition coefficient (Wildman–Crippen LogP) is 4.05. The lowest BCUT2D eigenvalue weighted by Gasteiger charge is -2.07. The molecule has 0 saturated carbocycles. The van der Waals surface area contributed by atoms with Gasteiger partial charge in [0.25, 0.3) is 0 Å². The molecule has 0 aliphatic heterocycles. The zero-order valence-electron chi connectivity index (χ0n) is 13.6. The van der Waals surface area contributed by atoms with Crippen LogP contribution in [-0.4, -0.2) is 11.8 Å². The van der Waals surface area contributed by atoms with E-state index in [0.29, 0.717) is 19.3 Å². The highest BCUT2D eigenvalue weighted by molar-refractivity contribution is 5.93. The second-order valence-corrected chi connectivity index (χ2v) is 5.68. The van der Waals surface area contributed by atoms with Crippen LogP contribution in [0.5, 0.6) is 0 Å². The molecule has 2 amide bonds. The maximum absolute atomic E-state index is 11.8. The van der Waals surface area contributed by atoms with Gasteiger partial charge in [-0.15, -0.1) is 0 Å². The standard InChI is InChI=1S/C19H22N2O2/c1-14-6-10-16(11-7-14)20-18(22)4-3-5-19(23)21-17-12-8-15(2)9-13-17/h6-13H,3-5H2,1-2H3,(H,20,22)(H,21,23). The summed E-state index contributed by atoms with van der Waals surface area (Å²) in [6.07, 6.45) is 1.18. The predicted molar refractivity (Wildman–Crippen MR) is 93.5 cm³/mol. The van der Waals surface area contributed by atoms with E-state index in [1.807, 2.05) is 62.4 Å². The second-order valence-electron chi connectivity index (χ2n) is 5.68. The van der Waals surface area contributed by atoms with Crippen molar-refractivity contribution in [3.05, 3.63) is 59.7 Å². The van der Waals surface area contributed by atoms with Crippen LogP contribution < -0.4 is 10.6 Å². The third-order valence-electron chi connectivity index (χ3n) is 3.48. The fraction of sp³-hybridized carbons (Fsp3) is 0.263. The Morgan fingerprint density at radius 2 is 1.04 bits per heavy atom. The number of anilines is 2. The van der Waals surface area contributed by atoms with Gasteiger partial charge >= 0.3 is 0 Å². The lowest BCUT2D eigenvalue weighted by Crippen LogP contribution is -2.14. The number of nitrogens with one attached hydrogen (secondary N) is 2. The van der Waals surface area contributed by atoms with Crippen LogP contribution in [0.15, 0.2) is 48.5 Å². The lowest BCUT2D eigenvalue weighted by atomic mass is 10.2. The number of aryl methyl sites for hydroxylation is 2. The highest BCUT2D eigenvalue weighted by Gasteiger charge is 2.06. The Morgan fingerprint density at radius 3 is 1.39 bits per heavy atom. The van der Waals surface area contributed by atoms with Crippen molar-refractivity contribution < 1.29 is 9.59 Å². The molecule has 2 aromatic carbocycles. The molecule has 0 aliphatic carbocycles. The molecule has 4 heteroatoms. The van der Waals surface area contributed by atoms with Crippen molar-refractivity contribution in [2.75, 3.05) is 10.6 Å². The van der Waals surface area contributed by atoms with Crippen molar-refractivity contribution >= 4 is 23.2 Å². The summed E-state index contributed by atoms with van der Waals surface area (Å²) in [5, 5.41) is 5.66. The second kappa shape index (κ2) is 8.13. The van der Waals surface area contributed by atoms with Gasteiger partial charge in [-0.25, -0.2) is 0 Å². The highest BCUT2D eigenvalue weighted by Crippen LogP contribution is 2.11. The molecule has 0 saturated heterocycles. The van der Waals surface area contributed by atoms with Gasteiger partial charge in [-0.3, -0.25) is 9.59 Å². The molecule has 0 fully saturated rings. The summed E-state index contributed by atoms with van der Waals surface area (Å²) in [6, 6.07) is 15.3. The van der Waals surface area contributed by atoms with Crippen molar-refractivity contribution in [3.8, 4) is 0 Å². The first-order chi connectivity index (χ1) is 11.0. The van der Waals surface area contributed by atoms with E-state index in [2.05, 4.69) is 10.6 Å². The summed E-state index contributed by atoms with van der Waals surface area (Å²) >= 11 is 0. The molecule has 0 aliphatic rings. The molecule has 0 atom stereocenters. The molecule has 2 N–H and O–H groups in total. The smallest absolute Gasteiger partial charge is 0.224 e. The molecular formula is C19H22N2O2. The van der Waals surface area contributed by atoms with Gasteiger partial charge in [0.05, 0.1) is 0 Å². The quantitative estimate of drug-likeness (QED) is 0.845. The van der Waals surface area contributed by atoms with Crippen LogP contribution in [0.2, 0.25) is 0 Å². The van der Waals surface area contributed by atoms with Crippen molar-refractivity contribution in [1.82, 2.24) is 0 Å². The van der Waals surface area contributed by atoms with Crippen molar-refractivity contribution in [2.45, 2.75) is 33.1 Å². The van der Waals surface area contributed by atoms with Crippen LogP contribution in [0, 0.1) is 13.8 Å².